The van der Waals surface area contributed by atoms with E-state index in [1.165, 1.54) is 16.6 Å². The van der Waals surface area contributed by atoms with Crippen molar-refractivity contribution in [2.24, 2.45) is 17.1 Å². The molecule has 1 unspecified atom stereocenters. The normalized spacial score (nSPS) is 23.7. The molecule has 2 fully saturated rings. The predicted molar refractivity (Wildman–Crippen MR) is 93.7 cm³/mol. The molecule has 1 spiro atoms. The molecule has 1 aromatic heterocycles. The summed E-state index contributed by atoms with van der Waals surface area (Å²) in [6.45, 7) is 6.79. The molecule has 2 saturated heterocycles. The highest BCUT2D eigenvalue weighted by Crippen LogP contribution is 2.46. The summed E-state index contributed by atoms with van der Waals surface area (Å²) in [6, 6.07) is 8.67. The Morgan fingerprint density at radius 3 is 2.91 bits per heavy atom. The number of ether oxygens (including phenoxy) is 1. The fourth-order valence-electron chi connectivity index (χ4n) is 4.41. The number of pyridine rings is 1. The molecule has 2 aromatic rings. The van der Waals surface area contributed by atoms with Gasteiger partial charge in [-0.3, -0.25) is 4.98 Å². The van der Waals surface area contributed by atoms with Gasteiger partial charge in [0.1, 0.15) is 0 Å². The van der Waals surface area contributed by atoms with Gasteiger partial charge in [-0.2, -0.15) is 0 Å². The Hall–Kier alpha value is -1.65. The number of aryl methyl sites for hydroxylation is 1. The number of rotatable bonds is 2. The van der Waals surface area contributed by atoms with Crippen LogP contribution in [-0.4, -0.2) is 37.8 Å². The molecule has 3 heterocycles. The summed E-state index contributed by atoms with van der Waals surface area (Å²) >= 11 is 0. The van der Waals surface area contributed by atoms with E-state index in [1.54, 1.807) is 0 Å². The van der Waals surface area contributed by atoms with Crippen LogP contribution in [0.4, 0.5) is 5.69 Å². The number of nitrogens with zero attached hydrogens (tertiary/aromatic N) is 2. The summed E-state index contributed by atoms with van der Waals surface area (Å²) in [7, 11) is 0. The second-order valence-corrected chi connectivity index (χ2v) is 7.14. The smallest absolute Gasteiger partial charge is 0.0722 e. The highest BCUT2D eigenvalue weighted by atomic mass is 16.5. The third-order valence-corrected chi connectivity index (χ3v) is 5.80. The quantitative estimate of drug-likeness (QED) is 0.926. The van der Waals surface area contributed by atoms with Crippen LogP contribution in [0.5, 0.6) is 0 Å². The average molecular weight is 311 g/mol. The summed E-state index contributed by atoms with van der Waals surface area (Å²) in [5.41, 5.74) is 10.1. The SMILES string of the molecule is Cc1ccc2nccc(N3CC(CN)C4(CCOCC4)C3)c2c1. The monoisotopic (exact) mass is 311 g/mol. The van der Waals surface area contributed by atoms with Gasteiger partial charge in [0.15, 0.2) is 0 Å². The molecule has 0 aliphatic carbocycles. The molecular formula is C19H25N3O. The zero-order valence-electron chi connectivity index (χ0n) is 13.8. The molecule has 0 radical (unpaired) electrons. The molecule has 4 heteroatoms. The Morgan fingerprint density at radius 1 is 1.30 bits per heavy atom. The van der Waals surface area contributed by atoms with Crippen molar-refractivity contribution >= 4 is 16.6 Å². The predicted octanol–water partition coefficient (Wildman–Crippen LogP) is 2.73. The Balaban J connectivity index is 1.73. The summed E-state index contributed by atoms with van der Waals surface area (Å²) in [6.07, 6.45) is 4.19. The maximum Gasteiger partial charge on any atom is 0.0722 e. The van der Waals surface area contributed by atoms with Crippen LogP contribution in [0.1, 0.15) is 18.4 Å². The molecule has 4 nitrogen and oxygen atoms in total. The first kappa shape index (κ1) is 14.9. The van der Waals surface area contributed by atoms with Gasteiger partial charge in [0.25, 0.3) is 0 Å². The van der Waals surface area contributed by atoms with E-state index in [1.807, 2.05) is 6.20 Å². The number of benzene rings is 1. The number of nitrogens with two attached hydrogens (primary N) is 1. The molecule has 1 atom stereocenters. The van der Waals surface area contributed by atoms with Gasteiger partial charge in [0.05, 0.1) is 5.52 Å². The van der Waals surface area contributed by atoms with Gasteiger partial charge in [0.2, 0.25) is 0 Å². The van der Waals surface area contributed by atoms with Gasteiger partial charge in [-0.25, -0.2) is 0 Å². The van der Waals surface area contributed by atoms with Gasteiger partial charge in [-0.1, -0.05) is 11.6 Å². The molecule has 1 aromatic carbocycles. The summed E-state index contributed by atoms with van der Waals surface area (Å²) in [5.74, 6) is 0.555. The van der Waals surface area contributed by atoms with E-state index in [0.717, 1.165) is 51.2 Å². The van der Waals surface area contributed by atoms with E-state index in [4.69, 9.17) is 10.5 Å². The lowest BCUT2D eigenvalue weighted by atomic mass is 9.72. The number of hydrogen-bond acceptors (Lipinski definition) is 4. The van der Waals surface area contributed by atoms with Crippen molar-refractivity contribution in [3.05, 3.63) is 36.0 Å². The summed E-state index contributed by atoms with van der Waals surface area (Å²) in [5, 5.41) is 1.26. The third kappa shape index (κ3) is 2.50. The minimum absolute atomic E-state index is 0.326. The second kappa shape index (κ2) is 5.77. The lowest BCUT2D eigenvalue weighted by Crippen LogP contribution is -2.39. The van der Waals surface area contributed by atoms with E-state index in [2.05, 4.69) is 41.1 Å². The van der Waals surface area contributed by atoms with Crippen LogP contribution in [0.2, 0.25) is 0 Å². The fraction of sp³-hybridized carbons (Fsp3) is 0.526. The minimum atomic E-state index is 0.326. The second-order valence-electron chi connectivity index (χ2n) is 7.14. The van der Waals surface area contributed by atoms with Gasteiger partial charge >= 0.3 is 0 Å². The molecule has 122 valence electrons. The van der Waals surface area contributed by atoms with Gasteiger partial charge in [0, 0.05) is 43.6 Å². The lowest BCUT2D eigenvalue weighted by molar-refractivity contribution is 0.00491. The Morgan fingerprint density at radius 2 is 2.13 bits per heavy atom. The highest BCUT2D eigenvalue weighted by Gasteiger charge is 2.46. The van der Waals surface area contributed by atoms with Gasteiger partial charge in [-0.05, 0) is 55.8 Å². The van der Waals surface area contributed by atoms with Crippen molar-refractivity contribution < 1.29 is 4.74 Å². The average Bonchev–Trinajstić information content (AvgIpc) is 2.92. The van der Waals surface area contributed by atoms with Crippen LogP contribution in [0.25, 0.3) is 10.9 Å². The van der Waals surface area contributed by atoms with E-state index in [0.29, 0.717) is 11.3 Å². The van der Waals surface area contributed by atoms with E-state index < -0.39 is 0 Å². The fourth-order valence-corrected chi connectivity index (χ4v) is 4.41. The van der Waals surface area contributed by atoms with Crippen LogP contribution in [0.3, 0.4) is 0 Å². The van der Waals surface area contributed by atoms with Crippen molar-refractivity contribution in [1.82, 2.24) is 4.98 Å². The summed E-state index contributed by atoms with van der Waals surface area (Å²) in [4.78, 5) is 7.06. The molecule has 0 bridgehead atoms. The van der Waals surface area contributed by atoms with Crippen LogP contribution in [0.15, 0.2) is 30.5 Å². The number of anilines is 1. The Kier molecular flexibility index (Phi) is 3.74. The highest BCUT2D eigenvalue weighted by molar-refractivity contribution is 5.92. The van der Waals surface area contributed by atoms with Crippen LogP contribution >= 0.6 is 0 Å². The molecule has 0 amide bonds. The molecule has 2 N–H and O–H groups in total. The zero-order chi connectivity index (χ0) is 15.9. The first-order chi connectivity index (χ1) is 11.2. The summed E-state index contributed by atoms with van der Waals surface area (Å²) < 4.78 is 5.61. The Bertz CT molecular complexity index is 709. The van der Waals surface area contributed by atoms with Crippen LogP contribution in [-0.2, 0) is 4.74 Å². The largest absolute Gasteiger partial charge is 0.381 e. The number of hydrogen-bond donors (Lipinski definition) is 1. The maximum atomic E-state index is 6.14. The Labute approximate surface area is 137 Å². The molecule has 2 aliphatic rings. The lowest BCUT2D eigenvalue weighted by Gasteiger charge is -2.37. The van der Waals surface area contributed by atoms with Gasteiger partial charge < -0.3 is 15.4 Å². The first-order valence-corrected chi connectivity index (χ1v) is 8.60. The topological polar surface area (TPSA) is 51.4 Å². The van der Waals surface area contributed by atoms with E-state index >= 15 is 0 Å². The van der Waals surface area contributed by atoms with Crippen molar-refractivity contribution in [1.29, 1.82) is 0 Å². The van der Waals surface area contributed by atoms with Crippen LogP contribution < -0.4 is 10.6 Å². The van der Waals surface area contributed by atoms with Crippen molar-refractivity contribution in [2.75, 3.05) is 37.7 Å². The molecule has 2 aliphatic heterocycles. The van der Waals surface area contributed by atoms with E-state index in [-0.39, 0.29) is 0 Å². The molecule has 0 saturated carbocycles. The molecule has 23 heavy (non-hydrogen) atoms. The number of fused-ring (bicyclic) bond motifs is 1. The van der Waals surface area contributed by atoms with Gasteiger partial charge in [-0.15, -0.1) is 0 Å². The maximum absolute atomic E-state index is 6.14. The van der Waals surface area contributed by atoms with Crippen molar-refractivity contribution in [2.45, 2.75) is 19.8 Å². The minimum Gasteiger partial charge on any atom is -0.381 e. The first-order valence-electron chi connectivity index (χ1n) is 8.60. The molecular weight excluding hydrogens is 286 g/mol. The van der Waals surface area contributed by atoms with Crippen molar-refractivity contribution in [3.8, 4) is 0 Å². The van der Waals surface area contributed by atoms with E-state index in [9.17, 15) is 0 Å². The number of aromatic nitrogens is 1. The standard InChI is InChI=1S/C19H25N3O/c1-14-2-3-17-16(10-14)18(4-7-21-17)22-12-15(11-20)19(13-22)5-8-23-9-6-19/h2-4,7,10,15H,5-6,8-9,11-13,20H2,1H3. The zero-order valence-corrected chi connectivity index (χ0v) is 13.8. The van der Waals surface area contributed by atoms with Crippen LogP contribution in [0, 0.1) is 18.3 Å². The van der Waals surface area contributed by atoms with Crippen molar-refractivity contribution in [3.63, 3.8) is 0 Å². The third-order valence-electron chi connectivity index (χ3n) is 5.80. The molecule has 4 rings (SSSR count).